The summed E-state index contributed by atoms with van der Waals surface area (Å²) in [6, 6.07) is 3.42. The molecule has 1 aliphatic rings. The molecule has 9 nitrogen and oxygen atoms in total. The van der Waals surface area contributed by atoms with Gasteiger partial charge >= 0.3 is 0 Å². The number of piperidine rings is 1. The van der Waals surface area contributed by atoms with E-state index in [0.717, 1.165) is 12.3 Å². The SMILES string of the molecule is CC(=O)C(OC(C)C)N1CCC(Oc2ncnc(Oc3ccc(S(C)(=O)=O)cc3F)c2C)CC1. The number of carbonyl (C=O) groups is 1. The van der Waals surface area contributed by atoms with Crippen LogP contribution in [0.3, 0.4) is 0 Å². The van der Waals surface area contributed by atoms with E-state index in [4.69, 9.17) is 14.2 Å². The second kappa shape index (κ2) is 10.7. The molecule has 0 spiro atoms. The Bertz CT molecular complexity index is 1130. The molecule has 1 fully saturated rings. The van der Waals surface area contributed by atoms with E-state index in [9.17, 15) is 17.6 Å². The quantitative estimate of drug-likeness (QED) is 0.518. The molecule has 11 heteroatoms. The van der Waals surface area contributed by atoms with Crippen LogP contribution in [0.5, 0.6) is 17.5 Å². The Morgan fingerprint density at radius 3 is 2.38 bits per heavy atom. The summed E-state index contributed by atoms with van der Waals surface area (Å²) in [6.45, 7) is 8.29. The average molecular weight is 496 g/mol. The summed E-state index contributed by atoms with van der Waals surface area (Å²) in [7, 11) is -3.54. The molecule has 0 N–H and O–H groups in total. The smallest absolute Gasteiger partial charge is 0.229 e. The van der Waals surface area contributed by atoms with Gasteiger partial charge in [-0.15, -0.1) is 0 Å². The first-order chi connectivity index (χ1) is 16.0. The molecule has 186 valence electrons. The molecule has 0 saturated carbocycles. The predicted octanol–water partition coefficient (Wildman–Crippen LogP) is 3.30. The van der Waals surface area contributed by atoms with Crippen molar-refractivity contribution in [3.63, 3.8) is 0 Å². The van der Waals surface area contributed by atoms with Gasteiger partial charge in [-0.25, -0.2) is 22.8 Å². The van der Waals surface area contributed by atoms with Crippen molar-refractivity contribution in [1.29, 1.82) is 0 Å². The van der Waals surface area contributed by atoms with Gasteiger partial charge in [0.2, 0.25) is 11.8 Å². The number of Topliss-reactive ketones (excluding diaryl/α,β-unsaturated/α-hetero) is 1. The summed E-state index contributed by atoms with van der Waals surface area (Å²) in [6.07, 6.45) is 2.86. The lowest BCUT2D eigenvalue weighted by Gasteiger charge is -2.36. The van der Waals surface area contributed by atoms with Gasteiger partial charge in [0.05, 0.1) is 16.6 Å². The van der Waals surface area contributed by atoms with Crippen molar-refractivity contribution in [2.45, 2.75) is 63.9 Å². The molecule has 3 rings (SSSR count). The molecular formula is C23H30FN3O6S. The van der Waals surface area contributed by atoms with Gasteiger partial charge in [0.15, 0.2) is 33.4 Å². The summed E-state index contributed by atoms with van der Waals surface area (Å²) in [5.41, 5.74) is 0.487. The van der Waals surface area contributed by atoms with Gasteiger partial charge in [0.1, 0.15) is 12.4 Å². The summed E-state index contributed by atoms with van der Waals surface area (Å²) in [5, 5.41) is 0. The Morgan fingerprint density at radius 1 is 1.18 bits per heavy atom. The molecule has 1 atom stereocenters. The molecule has 1 saturated heterocycles. The van der Waals surface area contributed by atoms with Crippen molar-refractivity contribution < 1.29 is 31.8 Å². The van der Waals surface area contributed by atoms with Crippen molar-refractivity contribution in [2.75, 3.05) is 19.3 Å². The molecule has 2 aromatic rings. The average Bonchev–Trinajstić information content (AvgIpc) is 2.75. The van der Waals surface area contributed by atoms with Crippen LogP contribution in [-0.2, 0) is 19.4 Å². The number of sulfone groups is 1. The third-order valence-corrected chi connectivity index (χ3v) is 6.48. The lowest BCUT2D eigenvalue weighted by Crippen LogP contribution is -2.49. The summed E-state index contributed by atoms with van der Waals surface area (Å²) >= 11 is 0. The highest BCUT2D eigenvalue weighted by Gasteiger charge is 2.30. The number of rotatable bonds is 9. The van der Waals surface area contributed by atoms with Crippen LogP contribution in [0.15, 0.2) is 29.4 Å². The van der Waals surface area contributed by atoms with E-state index in [0.29, 0.717) is 37.4 Å². The normalized spacial score (nSPS) is 16.4. The largest absolute Gasteiger partial charge is 0.474 e. The number of ketones is 1. The highest BCUT2D eigenvalue weighted by molar-refractivity contribution is 7.90. The zero-order valence-electron chi connectivity index (χ0n) is 19.9. The van der Waals surface area contributed by atoms with Crippen molar-refractivity contribution in [2.24, 2.45) is 0 Å². The second-order valence-corrected chi connectivity index (χ2v) is 10.6. The Hall–Kier alpha value is -2.63. The third-order valence-electron chi connectivity index (χ3n) is 5.37. The maximum Gasteiger partial charge on any atom is 0.229 e. The highest BCUT2D eigenvalue weighted by Crippen LogP contribution is 2.31. The van der Waals surface area contributed by atoms with E-state index in [1.54, 1.807) is 6.92 Å². The topological polar surface area (TPSA) is 108 Å². The number of hydrogen-bond donors (Lipinski definition) is 0. The molecule has 1 aliphatic heterocycles. The van der Waals surface area contributed by atoms with Gasteiger partial charge in [-0.3, -0.25) is 9.69 Å². The van der Waals surface area contributed by atoms with Crippen molar-refractivity contribution in [3.05, 3.63) is 35.9 Å². The summed E-state index contributed by atoms with van der Waals surface area (Å²) in [4.78, 5) is 22.1. The standard InChI is InChI=1S/C23H30FN3O6S/c1-14(2)31-23(16(4)28)27-10-8-17(9-11-27)32-21-15(3)22(26-13-25-21)33-20-7-6-18(12-19(20)24)34(5,29)30/h6-7,12-14,17,23H,8-11H2,1-5H3. The van der Waals surface area contributed by atoms with Gasteiger partial charge < -0.3 is 14.2 Å². The minimum absolute atomic E-state index is 0.0293. The molecule has 0 amide bonds. The fourth-order valence-corrected chi connectivity index (χ4v) is 4.26. The number of nitrogens with zero attached hydrogens (tertiary/aromatic N) is 3. The van der Waals surface area contributed by atoms with Gasteiger partial charge in [0, 0.05) is 19.3 Å². The van der Waals surface area contributed by atoms with Gasteiger partial charge in [0.25, 0.3) is 0 Å². The second-order valence-electron chi connectivity index (χ2n) is 8.58. The molecule has 34 heavy (non-hydrogen) atoms. The maximum absolute atomic E-state index is 14.4. The van der Waals surface area contributed by atoms with E-state index in [-0.39, 0.29) is 34.5 Å². The van der Waals surface area contributed by atoms with Crippen LogP contribution in [0.1, 0.15) is 39.2 Å². The number of aromatic nitrogens is 2. The fraction of sp³-hybridized carbons (Fsp3) is 0.522. The van der Waals surface area contributed by atoms with E-state index in [2.05, 4.69) is 9.97 Å². The van der Waals surface area contributed by atoms with E-state index >= 15 is 0 Å². The number of hydrogen-bond acceptors (Lipinski definition) is 9. The van der Waals surface area contributed by atoms with Crippen LogP contribution in [0.2, 0.25) is 0 Å². The summed E-state index contributed by atoms with van der Waals surface area (Å²) in [5.74, 6) is -0.583. The van der Waals surface area contributed by atoms with Crippen LogP contribution in [-0.4, -0.2) is 66.9 Å². The molecule has 0 aliphatic carbocycles. The number of ether oxygens (including phenoxy) is 3. The number of benzene rings is 1. The van der Waals surface area contributed by atoms with Gasteiger partial charge in [-0.2, -0.15) is 0 Å². The summed E-state index contributed by atoms with van der Waals surface area (Å²) < 4.78 is 55.0. The lowest BCUT2D eigenvalue weighted by atomic mass is 10.1. The number of halogens is 1. The number of carbonyl (C=O) groups excluding carboxylic acids is 1. The molecule has 0 bridgehead atoms. The van der Waals surface area contributed by atoms with Crippen molar-refractivity contribution in [3.8, 4) is 17.5 Å². The van der Waals surface area contributed by atoms with Crippen LogP contribution < -0.4 is 9.47 Å². The first kappa shape index (κ1) is 26.0. The zero-order chi connectivity index (χ0) is 25.0. The Morgan fingerprint density at radius 2 is 1.82 bits per heavy atom. The third kappa shape index (κ3) is 6.49. The Balaban J connectivity index is 1.67. The first-order valence-electron chi connectivity index (χ1n) is 11.0. The molecular weight excluding hydrogens is 465 g/mol. The highest BCUT2D eigenvalue weighted by atomic mass is 32.2. The van der Waals surface area contributed by atoms with E-state index < -0.39 is 21.9 Å². The monoisotopic (exact) mass is 495 g/mol. The van der Waals surface area contributed by atoms with Crippen LogP contribution >= 0.6 is 0 Å². The Kier molecular flexibility index (Phi) is 8.21. The van der Waals surface area contributed by atoms with E-state index in [1.807, 2.05) is 18.7 Å². The molecule has 1 aromatic heterocycles. The molecule has 1 aromatic carbocycles. The first-order valence-corrected chi connectivity index (χ1v) is 12.9. The van der Waals surface area contributed by atoms with Gasteiger partial charge in [-0.1, -0.05) is 0 Å². The predicted molar refractivity (Wildman–Crippen MR) is 122 cm³/mol. The zero-order valence-corrected chi connectivity index (χ0v) is 20.8. The number of likely N-dealkylation sites (tertiary alicyclic amines) is 1. The molecule has 0 radical (unpaired) electrons. The molecule has 1 unspecified atom stereocenters. The minimum Gasteiger partial charge on any atom is -0.474 e. The van der Waals surface area contributed by atoms with Crippen LogP contribution in [0.25, 0.3) is 0 Å². The lowest BCUT2D eigenvalue weighted by molar-refractivity contribution is -0.151. The van der Waals surface area contributed by atoms with Crippen LogP contribution in [0, 0.1) is 12.7 Å². The van der Waals surface area contributed by atoms with E-state index in [1.165, 1.54) is 25.4 Å². The van der Waals surface area contributed by atoms with Crippen molar-refractivity contribution in [1.82, 2.24) is 14.9 Å². The van der Waals surface area contributed by atoms with Crippen molar-refractivity contribution >= 4 is 15.6 Å². The Labute approximate surface area is 199 Å². The minimum atomic E-state index is -3.54. The van der Waals surface area contributed by atoms with Gasteiger partial charge in [-0.05, 0) is 58.7 Å². The molecule has 2 heterocycles. The maximum atomic E-state index is 14.4. The van der Waals surface area contributed by atoms with Crippen LogP contribution in [0.4, 0.5) is 4.39 Å². The fourth-order valence-electron chi connectivity index (χ4n) is 3.62.